The first kappa shape index (κ1) is 59.5. The fraction of sp³-hybridized carbons (Fsp3) is 0.900. The van der Waals surface area contributed by atoms with Crippen LogP contribution in [0.1, 0.15) is 127 Å². The van der Waals surface area contributed by atoms with Crippen LogP contribution in [0.5, 0.6) is 0 Å². The maximum Gasteiger partial charge on any atom is 0.423 e. The number of halogens is 6. The van der Waals surface area contributed by atoms with E-state index in [4.69, 9.17) is 4.74 Å². The molecule has 0 radical (unpaired) electrons. The second kappa shape index (κ2) is 22.7. The maximum atomic E-state index is 11.9. The molecule has 1 fully saturated rings. The first-order chi connectivity index (χ1) is 15.8. The third-order valence-corrected chi connectivity index (χ3v) is 5.56. The summed E-state index contributed by atoms with van der Waals surface area (Å²) in [5.74, 6) is -0.484. The molecule has 0 aromatic heterocycles. The molecule has 0 bridgehead atoms. The second-order valence-electron chi connectivity index (χ2n) is 10.4. The van der Waals surface area contributed by atoms with Gasteiger partial charge in [0, 0.05) is 18.9 Å². The Balaban J connectivity index is -0.0000000648. The number of ether oxygens (including phenoxy) is 2. The molecule has 1 heterocycles. The Labute approximate surface area is 254 Å². The highest BCUT2D eigenvalue weighted by Crippen LogP contribution is 2.36. The standard InChI is InChI=1S/C10H20O2.C7H10F6O.C7H11NO2.6CH4/c1-7-10(5,6)8(11)12-9(2,3)4;1-3-4(2)14-5(6(8,9)10)7(11,12)13;1-4-5(2)7(10)8(3)6(4)9;;;;;;/h7H2,1-6H3;4-5H,3H2,1-2H3;4-5H,1-3H3;6*1H4. The molecule has 0 N–H and O–H groups in total. The largest absolute Gasteiger partial charge is 0.460 e. The van der Waals surface area contributed by atoms with Crippen LogP contribution in [0.15, 0.2) is 0 Å². The minimum atomic E-state index is -5.42. The van der Waals surface area contributed by atoms with Gasteiger partial charge in [-0.2, -0.15) is 26.3 Å². The van der Waals surface area contributed by atoms with Crippen molar-refractivity contribution in [1.82, 2.24) is 4.90 Å². The SMILES string of the molecule is C.C.C.C.C.C.CC1C(=O)N(C)C(=O)C1C.CCC(C)(C)C(=O)OC(C)(C)C.CCC(C)OC(C(F)(F)F)C(F)(F)F. The molecule has 2 amide bonds. The Morgan fingerprint density at radius 3 is 1.26 bits per heavy atom. The zero-order valence-electron chi connectivity index (χ0n) is 23.0. The number of esters is 1. The molecular weight excluding hydrogens is 568 g/mol. The van der Waals surface area contributed by atoms with Crippen LogP contribution in [0, 0.1) is 17.3 Å². The van der Waals surface area contributed by atoms with E-state index in [-0.39, 0.29) is 91.6 Å². The van der Waals surface area contributed by atoms with Crippen LogP contribution >= 0.6 is 0 Å². The maximum absolute atomic E-state index is 11.9. The number of carbonyl (C=O) groups excluding carboxylic acids is 3. The second-order valence-corrected chi connectivity index (χ2v) is 10.4. The van der Waals surface area contributed by atoms with Gasteiger partial charge in [-0.25, -0.2) is 0 Å². The first-order valence-electron chi connectivity index (χ1n) is 11.7. The zero-order chi connectivity index (χ0) is 29.4. The lowest BCUT2D eigenvalue weighted by Gasteiger charge is -2.27. The van der Waals surface area contributed by atoms with E-state index in [2.05, 4.69) is 4.74 Å². The zero-order valence-corrected chi connectivity index (χ0v) is 23.0. The fourth-order valence-corrected chi connectivity index (χ4v) is 2.38. The lowest BCUT2D eigenvalue weighted by Crippen LogP contribution is -2.45. The Bertz CT molecular complexity index is 697. The van der Waals surface area contributed by atoms with Gasteiger partial charge < -0.3 is 9.47 Å². The van der Waals surface area contributed by atoms with E-state index in [1.165, 1.54) is 18.9 Å². The van der Waals surface area contributed by atoms with E-state index in [0.717, 1.165) is 13.3 Å². The Kier molecular flexibility index (Phi) is 32.1. The van der Waals surface area contributed by atoms with Crippen LogP contribution in [0.25, 0.3) is 0 Å². The summed E-state index contributed by atoms with van der Waals surface area (Å²) < 4.78 is 80.3. The van der Waals surface area contributed by atoms with Gasteiger partial charge in [0.15, 0.2) is 0 Å². The smallest absolute Gasteiger partial charge is 0.423 e. The van der Waals surface area contributed by atoms with Gasteiger partial charge in [-0.15, -0.1) is 0 Å². The number of hydrogen-bond acceptors (Lipinski definition) is 5. The summed E-state index contributed by atoms with van der Waals surface area (Å²) >= 11 is 0. The summed E-state index contributed by atoms with van der Waals surface area (Å²) in [5.41, 5.74) is -0.725. The highest BCUT2D eigenvalue weighted by molar-refractivity contribution is 6.04. The normalized spacial score (nSPS) is 17.0. The average Bonchev–Trinajstić information content (AvgIpc) is 2.87. The van der Waals surface area contributed by atoms with Gasteiger partial charge in [0.1, 0.15) is 5.60 Å². The van der Waals surface area contributed by atoms with Crippen LogP contribution in [0.4, 0.5) is 26.3 Å². The molecule has 3 unspecified atom stereocenters. The predicted molar refractivity (Wildman–Crippen MR) is 163 cm³/mol. The number of carbonyl (C=O) groups is 3. The highest BCUT2D eigenvalue weighted by atomic mass is 19.4. The predicted octanol–water partition coefficient (Wildman–Crippen LogP) is 10.1. The summed E-state index contributed by atoms with van der Waals surface area (Å²) in [7, 11) is 1.53. The van der Waals surface area contributed by atoms with Gasteiger partial charge >= 0.3 is 18.3 Å². The average molecular weight is 634 g/mol. The summed E-state index contributed by atoms with van der Waals surface area (Å²) in [6, 6.07) is 0. The number of likely N-dealkylation sites (tertiary alicyclic amines) is 1. The summed E-state index contributed by atoms with van der Waals surface area (Å²) in [6.45, 7) is 17.6. The molecule has 12 heteroatoms. The molecule has 1 aliphatic heterocycles. The monoisotopic (exact) mass is 633 g/mol. The van der Waals surface area contributed by atoms with Gasteiger partial charge in [-0.1, -0.05) is 72.3 Å². The first-order valence-corrected chi connectivity index (χ1v) is 11.7. The topological polar surface area (TPSA) is 72.9 Å². The van der Waals surface area contributed by atoms with Crippen LogP contribution in [-0.2, 0) is 23.9 Å². The van der Waals surface area contributed by atoms with Gasteiger partial charge in [-0.3, -0.25) is 19.3 Å². The highest BCUT2D eigenvalue weighted by Gasteiger charge is 2.58. The number of rotatable bonds is 5. The lowest BCUT2D eigenvalue weighted by molar-refractivity contribution is -0.329. The number of hydrogen-bond donors (Lipinski definition) is 0. The Hall–Kier alpha value is -1.85. The molecule has 42 heavy (non-hydrogen) atoms. The third kappa shape index (κ3) is 20.9. The van der Waals surface area contributed by atoms with E-state index >= 15 is 0 Å². The van der Waals surface area contributed by atoms with Crippen molar-refractivity contribution < 1.29 is 50.2 Å². The number of alkyl halides is 6. The van der Waals surface area contributed by atoms with Gasteiger partial charge in [0.2, 0.25) is 17.9 Å². The quantitative estimate of drug-likeness (QED) is 0.171. The molecule has 0 aromatic carbocycles. The van der Waals surface area contributed by atoms with Crippen molar-refractivity contribution in [3.63, 3.8) is 0 Å². The molecule has 0 aliphatic carbocycles. The van der Waals surface area contributed by atoms with Crippen LogP contribution < -0.4 is 0 Å². The molecule has 1 aliphatic rings. The molecule has 1 saturated heterocycles. The van der Waals surface area contributed by atoms with E-state index < -0.39 is 24.6 Å². The molecule has 3 atom stereocenters. The third-order valence-electron chi connectivity index (χ3n) is 5.56. The summed E-state index contributed by atoms with van der Waals surface area (Å²) in [5, 5.41) is 0. The van der Waals surface area contributed by atoms with Crippen LogP contribution in [-0.4, -0.2) is 59.9 Å². The summed E-state index contributed by atoms with van der Waals surface area (Å²) in [4.78, 5) is 34.8. The van der Waals surface area contributed by atoms with Gasteiger partial charge in [0.25, 0.3) is 0 Å². The number of amides is 2. The van der Waals surface area contributed by atoms with Gasteiger partial charge in [0.05, 0.1) is 11.5 Å². The number of nitrogens with zero attached hydrogens (tertiary/aromatic N) is 1. The number of imide groups is 1. The Morgan fingerprint density at radius 1 is 0.786 bits per heavy atom. The van der Waals surface area contributed by atoms with Crippen molar-refractivity contribution in [3.05, 3.63) is 0 Å². The van der Waals surface area contributed by atoms with Crippen LogP contribution in [0.2, 0.25) is 0 Å². The van der Waals surface area contributed by atoms with Crippen molar-refractivity contribution in [2.75, 3.05) is 7.05 Å². The molecule has 0 saturated carbocycles. The molecule has 0 aromatic rings. The molecule has 1 rings (SSSR count). The van der Waals surface area contributed by atoms with Crippen molar-refractivity contribution >= 4 is 17.8 Å². The van der Waals surface area contributed by atoms with Crippen molar-refractivity contribution in [2.45, 2.75) is 157 Å². The molecule has 262 valence electrons. The van der Waals surface area contributed by atoms with Gasteiger partial charge in [-0.05, 0) is 54.4 Å². The van der Waals surface area contributed by atoms with Crippen molar-refractivity contribution in [3.8, 4) is 0 Å². The van der Waals surface area contributed by atoms with Crippen molar-refractivity contribution in [1.29, 1.82) is 0 Å². The van der Waals surface area contributed by atoms with E-state index in [9.17, 15) is 40.7 Å². The van der Waals surface area contributed by atoms with E-state index in [1.807, 2.05) is 41.5 Å². The minimum Gasteiger partial charge on any atom is -0.460 e. The van der Waals surface area contributed by atoms with Crippen molar-refractivity contribution in [2.24, 2.45) is 17.3 Å². The fourth-order valence-electron chi connectivity index (χ4n) is 2.38. The molecular formula is C30H65F6NO5. The minimum absolute atomic E-state index is 0. The summed E-state index contributed by atoms with van der Waals surface area (Å²) in [6.07, 6.45) is -14.7. The van der Waals surface area contributed by atoms with E-state index in [0.29, 0.717) is 0 Å². The van der Waals surface area contributed by atoms with Crippen LogP contribution in [0.3, 0.4) is 0 Å². The van der Waals surface area contributed by atoms with E-state index in [1.54, 1.807) is 13.8 Å². The molecule has 0 spiro atoms. The lowest BCUT2D eigenvalue weighted by atomic mass is 9.90. The molecule has 6 nitrogen and oxygen atoms in total. The Morgan fingerprint density at radius 2 is 1.10 bits per heavy atom.